The Morgan fingerprint density at radius 3 is 2.27 bits per heavy atom. The molecule has 1 amide bonds. The summed E-state index contributed by atoms with van der Waals surface area (Å²) in [7, 11) is 0. The zero-order chi connectivity index (χ0) is 19.2. The second-order valence-electron chi connectivity index (χ2n) is 6.80. The number of benzene rings is 2. The molecular formula is C20H18Cl2FNO2. The van der Waals surface area contributed by atoms with Gasteiger partial charge in [0.2, 0.25) is 0 Å². The molecule has 0 spiro atoms. The second-order valence-corrected chi connectivity index (χ2v) is 7.68. The maximum Gasteiger partial charge on any atom is 0.257 e. The Morgan fingerprint density at radius 2 is 1.69 bits per heavy atom. The van der Waals surface area contributed by atoms with Crippen LogP contribution in [0, 0.1) is 5.82 Å². The predicted molar refractivity (Wildman–Crippen MR) is 101 cm³/mol. The van der Waals surface area contributed by atoms with Crippen LogP contribution in [0.4, 0.5) is 4.39 Å². The molecule has 3 rings (SSSR count). The molecule has 0 aliphatic carbocycles. The molecule has 136 valence electrons. The van der Waals surface area contributed by atoms with Gasteiger partial charge in [-0.2, -0.15) is 0 Å². The van der Waals surface area contributed by atoms with Crippen LogP contribution in [0.1, 0.15) is 31.9 Å². The van der Waals surface area contributed by atoms with Gasteiger partial charge in [-0.05, 0) is 56.2 Å². The zero-order valence-corrected chi connectivity index (χ0v) is 16.1. The molecule has 0 saturated heterocycles. The fourth-order valence-electron chi connectivity index (χ4n) is 3.32. The molecule has 3 nitrogen and oxygen atoms in total. The Balaban J connectivity index is 2.08. The minimum absolute atomic E-state index is 0.177. The van der Waals surface area contributed by atoms with Crippen molar-refractivity contribution in [2.75, 3.05) is 0 Å². The third-order valence-electron chi connectivity index (χ3n) is 4.77. The number of aliphatic hydroxyl groups excluding tert-OH is 1. The molecule has 1 heterocycles. The van der Waals surface area contributed by atoms with E-state index in [1.165, 1.54) is 17.0 Å². The smallest absolute Gasteiger partial charge is 0.257 e. The minimum Gasteiger partial charge on any atom is -0.369 e. The maximum atomic E-state index is 14.2. The predicted octanol–water partition coefficient (Wildman–Crippen LogP) is 5.00. The highest BCUT2D eigenvalue weighted by Gasteiger charge is 2.45. The van der Waals surface area contributed by atoms with Crippen LogP contribution in [0.3, 0.4) is 0 Å². The van der Waals surface area contributed by atoms with Crippen LogP contribution in [0.25, 0.3) is 5.57 Å². The van der Waals surface area contributed by atoms with Gasteiger partial charge in [0.25, 0.3) is 5.91 Å². The molecule has 0 radical (unpaired) electrons. The van der Waals surface area contributed by atoms with Crippen molar-refractivity contribution < 1.29 is 14.3 Å². The number of carbonyl (C=O) groups excluding carboxylic acids is 1. The summed E-state index contributed by atoms with van der Waals surface area (Å²) in [5.41, 5.74) is 0.513. The first kappa shape index (κ1) is 18.9. The molecule has 26 heavy (non-hydrogen) atoms. The van der Waals surface area contributed by atoms with Crippen LogP contribution in [0.5, 0.6) is 0 Å². The normalized spacial score (nSPS) is 18.0. The summed E-state index contributed by atoms with van der Waals surface area (Å²) in [5, 5.41) is 11.6. The summed E-state index contributed by atoms with van der Waals surface area (Å²) in [6.45, 7) is 5.20. The molecule has 6 heteroatoms. The van der Waals surface area contributed by atoms with Crippen molar-refractivity contribution in [3.05, 3.63) is 75.0 Å². The number of amides is 1. The largest absolute Gasteiger partial charge is 0.369 e. The lowest BCUT2D eigenvalue weighted by Gasteiger charge is -2.39. The summed E-state index contributed by atoms with van der Waals surface area (Å²) in [5.74, 6) is -0.950. The number of hydrogen-bond acceptors (Lipinski definition) is 2. The molecule has 2 aromatic carbocycles. The van der Waals surface area contributed by atoms with E-state index in [1.54, 1.807) is 51.1 Å². The van der Waals surface area contributed by atoms with Crippen LogP contribution >= 0.6 is 23.2 Å². The Kier molecular flexibility index (Phi) is 4.86. The van der Waals surface area contributed by atoms with E-state index in [9.17, 15) is 14.3 Å². The number of halogens is 3. The van der Waals surface area contributed by atoms with Gasteiger partial charge in [0.05, 0.1) is 11.1 Å². The SMILES string of the molecule is CC1=C(c2ccccc2F)C(=O)N(C(C)(C)c2cc(Cl)cc(Cl)c2)C1O. The first-order chi connectivity index (χ1) is 12.1. The summed E-state index contributed by atoms with van der Waals surface area (Å²) >= 11 is 12.2. The Labute approximate surface area is 161 Å². The van der Waals surface area contributed by atoms with Crippen molar-refractivity contribution in [3.63, 3.8) is 0 Å². The van der Waals surface area contributed by atoms with Crippen LogP contribution < -0.4 is 0 Å². The standard InChI is InChI=1S/C20H18Cl2FNO2/c1-11-17(15-6-4-5-7-16(15)23)19(26)24(18(11)25)20(2,3)12-8-13(21)10-14(22)9-12/h4-10,18,25H,1-3H3. The van der Waals surface area contributed by atoms with Crippen molar-refractivity contribution in [3.8, 4) is 0 Å². The van der Waals surface area contributed by atoms with Crippen molar-refractivity contribution in [1.29, 1.82) is 0 Å². The molecule has 0 aromatic heterocycles. The van der Waals surface area contributed by atoms with Gasteiger partial charge < -0.3 is 5.11 Å². The molecule has 1 aliphatic rings. The van der Waals surface area contributed by atoms with E-state index in [4.69, 9.17) is 23.2 Å². The molecule has 1 unspecified atom stereocenters. The lowest BCUT2D eigenvalue weighted by atomic mass is 9.91. The van der Waals surface area contributed by atoms with Crippen molar-refractivity contribution in [1.82, 2.24) is 4.90 Å². The number of carbonyl (C=O) groups is 1. The number of aliphatic hydroxyl groups is 1. The number of hydrogen-bond donors (Lipinski definition) is 1. The second kappa shape index (κ2) is 6.69. The summed E-state index contributed by atoms with van der Waals surface area (Å²) < 4.78 is 14.2. The van der Waals surface area contributed by atoms with Crippen LogP contribution in [-0.2, 0) is 10.3 Å². The van der Waals surface area contributed by atoms with E-state index in [0.717, 1.165) is 0 Å². The van der Waals surface area contributed by atoms with E-state index in [1.807, 2.05) is 0 Å². The fraction of sp³-hybridized carbons (Fsp3) is 0.250. The van der Waals surface area contributed by atoms with Crippen molar-refractivity contribution in [2.24, 2.45) is 0 Å². The van der Waals surface area contributed by atoms with E-state index >= 15 is 0 Å². The number of rotatable bonds is 3. The van der Waals surface area contributed by atoms with Gasteiger partial charge >= 0.3 is 0 Å². The average Bonchev–Trinajstić information content (AvgIpc) is 2.77. The van der Waals surface area contributed by atoms with Gasteiger partial charge in [-0.3, -0.25) is 9.69 Å². The molecular weight excluding hydrogens is 376 g/mol. The highest BCUT2D eigenvalue weighted by Crippen LogP contribution is 2.41. The summed E-state index contributed by atoms with van der Waals surface area (Å²) in [6, 6.07) is 11.0. The van der Waals surface area contributed by atoms with Crippen molar-refractivity contribution >= 4 is 34.7 Å². The maximum absolute atomic E-state index is 14.2. The third-order valence-corrected chi connectivity index (χ3v) is 5.21. The van der Waals surface area contributed by atoms with Crippen LogP contribution in [0.15, 0.2) is 48.0 Å². The molecule has 1 N–H and O–H groups in total. The summed E-state index contributed by atoms with van der Waals surface area (Å²) in [4.78, 5) is 14.5. The molecule has 1 atom stereocenters. The highest BCUT2D eigenvalue weighted by atomic mass is 35.5. The zero-order valence-electron chi connectivity index (χ0n) is 14.6. The van der Waals surface area contributed by atoms with Crippen LogP contribution in [-0.4, -0.2) is 22.1 Å². The van der Waals surface area contributed by atoms with Gasteiger partial charge in [0.1, 0.15) is 5.82 Å². The average molecular weight is 394 g/mol. The Bertz CT molecular complexity index is 904. The lowest BCUT2D eigenvalue weighted by molar-refractivity contribution is -0.139. The number of nitrogens with zero attached hydrogens (tertiary/aromatic N) is 1. The fourth-order valence-corrected chi connectivity index (χ4v) is 3.85. The van der Waals surface area contributed by atoms with Gasteiger partial charge in [-0.1, -0.05) is 41.4 Å². The summed E-state index contributed by atoms with van der Waals surface area (Å²) in [6.07, 6.45) is -1.18. The Hall–Kier alpha value is -1.88. The quantitative estimate of drug-likeness (QED) is 0.796. The van der Waals surface area contributed by atoms with E-state index in [2.05, 4.69) is 0 Å². The van der Waals surface area contributed by atoms with Gasteiger partial charge in [0.15, 0.2) is 6.23 Å². The van der Waals surface area contributed by atoms with Crippen molar-refractivity contribution in [2.45, 2.75) is 32.5 Å². The first-order valence-electron chi connectivity index (χ1n) is 8.08. The van der Waals surface area contributed by atoms with E-state index < -0.39 is 23.5 Å². The first-order valence-corrected chi connectivity index (χ1v) is 8.84. The van der Waals surface area contributed by atoms with E-state index in [0.29, 0.717) is 21.2 Å². The van der Waals surface area contributed by atoms with Gasteiger partial charge in [-0.25, -0.2) is 4.39 Å². The minimum atomic E-state index is -1.18. The topological polar surface area (TPSA) is 40.5 Å². The van der Waals surface area contributed by atoms with Gasteiger partial charge in [-0.15, -0.1) is 0 Å². The molecule has 0 fully saturated rings. The molecule has 0 bridgehead atoms. The van der Waals surface area contributed by atoms with Gasteiger partial charge in [0, 0.05) is 15.6 Å². The molecule has 1 aliphatic heterocycles. The van der Waals surface area contributed by atoms with E-state index in [-0.39, 0.29) is 11.1 Å². The molecule has 2 aromatic rings. The Morgan fingerprint density at radius 1 is 1.12 bits per heavy atom. The lowest BCUT2D eigenvalue weighted by Crippen LogP contribution is -2.48. The van der Waals surface area contributed by atoms with Crippen LogP contribution in [0.2, 0.25) is 10.0 Å². The third kappa shape index (κ3) is 3.02. The molecule has 0 saturated carbocycles. The monoisotopic (exact) mass is 393 g/mol. The highest BCUT2D eigenvalue weighted by molar-refractivity contribution is 6.34.